The van der Waals surface area contributed by atoms with Gasteiger partial charge < -0.3 is 16.2 Å². The van der Waals surface area contributed by atoms with E-state index in [1.54, 1.807) is 18.2 Å². The fourth-order valence-electron chi connectivity index (χ4n) is 2.33. The molecule has 1 fully saturated rings. The van der Waals surface area contributed by atoms with Crippen LogP contribution in [-0.2, 0) is 0 Å². The third-order valence-corrected chi connectivity index (χ3v) is 3.32. The van der Waals surface area contributed by atoms with Gasteiger partial charge in [0.25, 0.3) is 0 Å². The van der Waals surface area contributed by atoms with E-state index in [4.69, 9.17) is 10.8 Å². The fourth-order valence-corrected chi connectivity index (χ4v) is 2.33. The average molecular weight is 234 g/mol. The molecule has 0 saturated heterocycles. The fraction of sp³-hybridized carbons (Fsp3) is 0.462. The molecule has 2 unspecified atom stereocenters. The zero-order chi connectivity index (χ0) is 12.3. The molecule has 0 aromatic heterocycles. The van der Waals surface area contributed by atoms with Crippen LogP contribution in [0.15, 0.2) is 24.3 Å². The van der Waals surface area contributed by atoms with Gasteiger partial charge in [-0.2, -0.15) is 0 Å². The third kappa shape index (κ3) is 2.77. The molecule has 4 N–H and O–H groups in total. The molecule has 4 heteroatoms. The van der Waals surface area contributed by atoms with Crippen LogP contribution in [0.25, 0.3) is 0 Å². The maximum Gasteiger partial charge on any atom is 0.337 e. The summed E-state index contributed by atoms with van der Waals surface area (Å²) in [4.78, 5) is 11.1. The number of nitrogens with two attached hydrogens (primary N) is 1. The van der Waals surface area contributed by atoms with Gasteiger partial charge in [-0.3, -0.25) is 0 Å². The second-order valence-corrected chi connectivity index (χ2v) is 4.55. The summed E-state index contributed by atoms with van der Waals surface area (Å²) in [7, 11) is 0. The largest absolute Gasteiger partial charge is 0.478 e. The quantitative estimate of drug-likeness (QED) is 0.748. The maximum absolute atomic E-state index is 11.1. The lowest BCUT2D eigenvalue weighted by Crippen LogP contribution is -2.42. The molecule has 1 saturated carbocycles. The second-order valence-electron chi connectivity index (χ2n) is 4.55. The summed E-state index contributed by atoms with van der Waals surface area (Å²) in [5, 5.41) is 12.4. The number of benzene rings is 1. The average Bonchev–Trinajstić information content (AvgIpc) is 2.32. The molecule has 0 heterocycles. The SMILES string of the molecule is NC1CCCCC1Nc1ccccc1C(=O)O. The van der Waals surface area contributed by atoms with Gasteiger partial charge >= 0.3 is 5.97 Å². The van der Waals surface area contributed by atoms with Crippen LogP contribution >= 0.6 is 0 Å². The Morgan fingerprint density at radius 3 is 2.71 bits per heavy atom. The van der Waals surface area contributed by atoms with E-state index < -0.39 is 5.97 Å². The van der Waals surface area contributed by atoms with Gasteiger partial charge in [0.2, 0.25) is 0 Å². The predicted octanol–water partition coefficient (Wildman–Crippen LogP) is 2.07. The first kappa shape index (κ1) is 11.9. The molecule has 1 aliphatic carbocycles. The second kappa shape index (κ2) is 5.19. The van der Waals surface area contributed by atoms with Crippen molar-refractivity contribution >= 4 is 11.7 Å². The van der Waals surface area contributed by atoms with E-state index in [1.807, 2.05) is 6.07 Å². The molecule has 1 aromatic carbocycles. The highest BCUT2D eigenvalue weighted by atomic mass is 16.4. The zero-order valence-corrected chi connectivity index (χ0v) is 9.73. The predicted molar refractivity (Wildman–Crippen MR) is 67.3 cm³/mol. The van der Waals surface area contributed by atoms with Crippen molar-refractivity contribution in [3.05, 3.63) is 29.8 Å². The normalized spacial score (nSPS) is 24.3. The van der Waals surface area contributed by atoms with E-state index >= 15 is 0 Å². The van der Waals surface area contributed by atoms with Crippen LogP contribution in [0.3, 0.4) is 0 Å². The molecule has 1 aromatic rings. The minimum Gasteiger partial charge on any atom is -0.478 e. The van der Waals surface area contributed by atoms with Crippen molar-refractivity contribution in [2.24, 2.45) is 5.73 Å². The van der Waals surface area contributed by atoms with Crippen LogP contribution in [0.5, 0.6) is 0 Å². The first-order valence-corrected chi connectivity index (χ1v) is 6.03. The molecule has 0 radical (unpaired) electrons. The lowest BCUT2D eigenvalue weighted by atomic mass is 9.90. The number of hydrogen-bond donors (Lipinski definition) is 3. The van der Waals surface area contributed by atoms with Crippen molar-refractivity contribution in [2.75, 3.05) is 5.32 Å². The molecule has 2 rings (SSSR count). The van der Waals surface area contributed by atoms with Crippen molar-refractivity contribution in [3.63, 3.8) is 0 Å². The highest BCUT2D eigenvalue weighted by Gasteiger charge is 2.22. The lowest BCUT2D eigenvalue weighted by Gasteiger charge is -2.30. The Morgan fingerprint density at radius 1 is 1.29 bits per heavy atom. The maximum atomic E-state index is 11.1. The lowest BCUT2D eigenvalue weighted by molar-refractivity contribution is 0.0698. The summed E-state index contributed by atoms with van der Waals surface area (Å²) in [5.74, 6) is -0.905. The standard InChI is InChI=1S/C13H18N2O2/c14-10-6-2-4-8-12(10)15-11-7-3-1-5-9(11)13(16)17/h1,3,5,7,10,12,15H,2,4,6,8,14H2,(H,16,17). The summed E-state index contributed by atoms with van der Waals surface area (Å²) < 4.78 is 0. The molecule has 17 heavy (non-hydrogen) atoms. The van der Waals surface area contributed by atoms with Gasteiger partial charge in [0, 0.05) is 17.8 Å². The Hall–Kier alpha value is -1.55. The number of rotatable bonds is 3. The Labute approximate surface area is 101 Å². The van der Waals surface area contributed by atoms with Crippen LogP contribution in [-0.4, -0.2) is 23.2 Å². The Balaban J connectivity index is 2.14. The molecular weight excluding hydrogens is 216 g/mol. The minimum atomic E-state index is -0.905. The molecule has 0 spiro atoms. The van der Waals surface area contributed by atoms with Gasteiger partial charge in [-0.25, -0.2) is 4.79 Å². The van der Waals surface area contributed by atoms with Crippen LogP contribution in [0.2, 0.25) is 0 Å². The summed E-state index contributed by atoms with van der Waals surface area (Å²) >= 11 is 0. The van der Waals surface area contributed by atoms with Crippen molar-refractivity contribution in [2.45, 2.75) is 37.8 Å². The smallest absolute Gasteiger partial charge is 0.337 e. The van der Waals surface area contributed by atoms with Crippen LogP contribution in [0.1, 0.15) is 36.0 Å². The number of aromatic carboxylic acids is 1. The van der Waals surface area contributed by atoms with E-state index in [0.29, 0.717) is 11.3 Å². The van der Waals surface area contributed by atoms with E-state index in [-0.39, 0.29) is 12.1 Å². The number of para-hydroxylation sites is 1. The summed E-state index contributed by atoms with van der Waals surface area (Å²) in [6.07, 6.45) is 4.34. The Bertz CT molecular complexity index is 406. The van der Waals surface area contributed by atoms with E-state index in [2.05, 4.69) is 5.32 Å². The van der Waals surface area contributed by atoms with Gasteiger partial charge in [0.15, 0.2) is 0 Å². The number of nitrogens with one attached hydrogen (secondary N) is 1. The summed E-state index contributed by atoms with van der Waals surface area (Å²) in [5.41, 5.74) is 7.02. The van der Waals surface area contributed by atoms with Crippen LogP contribution in [0, 0.1) is 0 Å². The van der Waals surface area contributed by atoms with Crippen molar-refractivity contribution in [1.82, 2.24) is 0 Å². The van der Waals surface area contributed by atoms with Gasteiger partial charge in [0.05, 0.1) is 5.56 Å². The number of anilines is 1. The third-order valence-electron chi connectivity index (χ3n) is 3.32. The van der Waals surface area contributed by atoms with Gasteiger partial charge in [-0.05, 0) is 25.0 Å². The van der Waals surface area contributed by atoms with Gasteiger partial charge in [0.1, 0.15) is 0 Å². The first-order valence-electron chi connectivity index (χ1n) is 6.03. The molecule has 2 atom stereocenters. The topological polar surface area (TPSA) is 75.3 Å². The first-order chi connectivity index (χ1) is 8.18. The molecular formula is C13H18N2O2. The summed E-state index contributed by atoms with van der Waals surface area (Å²) in [6.45, 7) is 0. The van der Waals surface area contributed by atoms with Crippen molar-refractivity contribution in [3.8, 4) is 0 Å². The van der Waals surface area contributed by atoms with Crippen LogP contribution < -0.4 is 11.1 Å². The number of carboxylic acid groups (broad SMARTS) is 1. The van der Waals surface area contributed by atoms with Crippen LogP contribution in [0.4, 0.5) is 5.69 Å². The molecule has 0 amide bonds. The van der Waals surface area contributed by atoms with Gasteiger partial charge in [-0.15, -0.1) is 0 Å². The molecule has 92 valence electrons. The van der Waals surface area contributed by atoms with E-state index in [9.17, 15) is 4.79 Å². The highest BCUT2D eigenvalue weighted by molar-refractivity contribution is 5.94. The summed E-state index contributed by atoms with van der Waals surface area (Å²) in [6, 6.07) is 7.28. The minimum absolute atomic E-state index is 0.116. The molecule has 0 aliphatic heterocycles. The number of hydrogen-bond acceptors (Lipinski definition) is 3. The van der Waals surface area contributed by atoms with Gasteiger partial charge in [-0.1, -0.05) is 25.0 Å². The monoisotopic (exact) mass is 234 g/mol. The molecule has 1 aliphatic rings. The van der Waals surface area contributed by atoms with Crippen molar-refractivity contribution in [1.29, 1.82) is 0 Å². The highest BCUT2D eigenvalue weighted by Crippen LogP contribution is 2.23. The molecule has 4 nitrogen and oxygen atoms in total. The van der Waals surface area contributed by atoms with E-state index in [0.717, 1.165) is 19.3 Å². The number of carbonyl (C=O) groups is 1. The molecule has 0 bridgehead atoms. The Kier molecular flexibility index (Phi) is 3.64. The zero-order valence-electron chi connectivity index (χ0n) is 9.73. The number of carboxylic acids is 1. The Morgan fingerprint density at radius 2 is 2.00 bits per heavy atom. The van der Waals surface area contributed by atoms with Crippen molar-refractivity contribution < 1.29 is 9.90 Å². The van der Waals surface area contributed by atoms with E-state index in [1.165, 1.54) is 6.42 Å².